The third-order valence-corrected chi connectivity index (χ3v) is 20.9. The average Bonchev–Trinajstić information content (AvgIpc) is 3.79. The molecule has 0 aromatic rings. The van der Waals surface area contributed by atoms with Crippen molar-refractivity contribution in [2.24, 2.45) is 160 Å². The maximum Gasteiger partial charge on any atom is -0.00596 e. The predicted molar refractivity (Wildman–Crippen MR) is 146 cm³/mol. The minimum Gasteiger partial charge on any atom is -0.0845 e. The molecule has 39 heavy (non-hydrogen) atoms. The molecule has 16 rings (SSSR count). The second kappa shape index (κ2) is 5.06. The van der Waals surface area contributed by atoms with E-state index < -0.39 is 0 Å². The summed E-state index contributed by atoms with van der Waals surface area (Å²) >= 11 is 0. The molecule has 0 radical (unpaired) electrons. The van der Waals surface area contributed by atoms with E-state index in [0.717, 1.165) is 82.9 Å². The predicted octanol–water partition coefficient (Wildman–Crippen LogP) is 6.96. The molecule has 0 heteroatoms. The summed E-state index contributed by atoms with van der Waals surface area (Å²) in [5.41, 5.74) is 6.74. The summed E-state index contributed by atoms with van der Waals surface area (Å²) in [6.07, 6.45) is 18.9. The molecular weight excluding hydrogens is 468 g/mol. The normalized spacial score (nSPS) is 82.5. The Morgan fingerprint density at radius 2 is 0.923 bits per heavy atom. The Hall–Kier alpha value is -0.780. The first-order valence-corrected chi connectivity index (χ1v) is 18.6. The molecule has 0 aromatic heterocycles. The molecule has 0 nitrogen and oxygen atoms in total. The Morgan fingerprint density at radius 1 is 0.359 bits per heavy atom. The number of allylic oxidation sites excluding steroid dienone is 6. The lowest BCUT2D eigenvalue weighted by Crippen LogP contribution is -2.58. The van der Waals surface area contributed by atoms with Gasteiger partial charge in [0, 0.05) is 0 Å². The average molecular weight is 511 g/mol. The van der Waals surface area contributed by atoms with Gasteiger partial charge in [0.15, 0.2) is 0 Å². The van der Waals surface area contributed by atoms with E-state index in [1.807, 2.05) is 0 Å². The third-order valence-electron chi connectivity index (χ3n) is 20.9. The van der Waals surface area contributed by atoms with E-state index in [9.17, 15) is 0 Å². The molecule has 0 aromatic carbocycles. The summed E-state index contributed by atoms with van der Waals surface area (Å²) in [5.74, 6) is 30.3. The van der Waals surface area contributed by atoms with Gasteiger partial charge in [-0.1, -0.05) is 34.9 Å². The molecule has 16 aliphatic rings. The molecule has 0 aliphatic heterocycles. The van der Waals surface area contributed by atoms with Crippen molar-refractivity contribution in [2.45, 2.75) is 38.5 Å². The maximum absolute atomic E-state index is 3.09. The van der Waals surface area contributed by atoms with E-state index in [1.54, 1.807) is 38.5 Å². The van der Waals surface area contributed by atoms with Crippen molar-refractivity contribution in [3.8, 4) is 0 Å². The first-order valence-electron chi connectivity index (χ1n) is 18.6. The van der Waals surface area contributed by atoms with Gasteiger partial charge in [0.25, 0.3) is 0 Å². The van der Waals surface area contributed by atoms with Crippen LogP contribution in [0.25, 0.3) is 0 Å². The Morgan fingerprint density at radius 3 is 1.69 bits per heavy atom. The number of hydrogen-bond donors (Lipinski definition) is 0. The fourth-order valence-electron chi connectivity index (χ4n) is 22.2. The van der Waals surface area contributed by atoms with Crippen molar-refractivity contribution in [3.63, 3.8) is 0 Å². The molecule has 27 unspecified atom stereocenters. The molecule has 12 saturated carbocycles. The number of hydrogen-bond acceptors (Lipinski definition) is 0. The molecule has 12 fully saturated rings. The first kappa shape index (κ1) is 18.7. The third kappa shape index (κ3) is 1.38. The van der Waals surface area contributed by atoms with Gasteiger partial charge in [-0.15, -0.1) is 0 Å². The van der Waals surface area contributed by atoms with Crippen molar-refractivity contribution < 1.29 is 0 Å². The van der Waals surface area contributed by atoms with Gasteiger partial charge in [-0.05, 0) is 198 Å². The highest BCUT2D eigenvalue weighted by Crippen LogP contribution is 2.91. The van der Waals surface area contributed by atoms with Crippen molar-refractivity contribution in [1.82, 2.24) is 0 Å². The van der Waals surface area contributed by atoms with Gasteiger partial charge in [-0.2, -0.15) is 0 Å². The van der Waals surface area contributed by atoms with Crippen LogP contribution >= 0.6 is 0 Å². The molecule has 0 heterocycles. The van der Waals surface area contributed by atoms with Crippen LogP contribution in [0.2, 0.25) is 0 Å². The van der Waals surface area contributed by atoms with E-state index in [4.69, 9.17) is 0 Å². The summed E-state index contributed by atoms with van der Waals surface area (Å²) < 4.78 is 0. The van der Waals surface area contributed by atoms with Gasteiger partial charge in [0.1, 0.15) is 0 Å². The molecule has 0 N–H and O–H groups in total. The topological polar surface area (TPSA) is 0 Å². The van der Waals surface area contributed by atoms with E-state index in [2.05, 4.69) is 34.9 Å². The highest BCUT2D eigenvalue weighted by atomic mass is 14.9. The summed E-state index contributed by atoms with van der Waals surface area (Å²) in [5, 5.41) is 0. The van der Waals surface area contributed by atoms with Crippen LogP contribution in [0.3, 0.4) is 0 Å². The van der Waals surface area contributed by atoms with Crippen LogP contribution in [0.5, 0.6) is 0 Å². The maximum atomic E-state index is 3.09. The van der Waals surface area contributed by atoms with Crippen LogP contribution in [0, 0.1) is 160 Å². The Labute approximate surface area is 232 Å². The van der Waals surface area contributed by atoms with Crippen LogP contribution in [-0.2, 0) is 0 Å². The van der Waals surface area contributed by atoms with Crippen LogP contribution in [0.4, 0.5) is 0 Å². The Bertz CT molecular complexity index is 1490. The second-order valence-electron chi connectivity index (χ2n) is 19.5. The smallest absolute Gasteiger partial charge is 0.00596 e. The standard InChI is InChI=1S/C39H42/c1-3-12-14-5-7-16-18-9-19-17-8-6-15-13-4-2-11-10(1)20-22(12)31-24(14)26(16)33-28(18)29(19)34-27(17)25(15)32-23(13)21(11)30(20)35-36(31)38(33)39(34)37(32)35/h5,7,9-18,20-32,34-37,39H,1-4,6,8H2. The minimum absolute atomic E-state index is 0.920. The zero-order chi connectivity index (χ0) is 23.7. The molecule has 0 saturated heterocycles. The fourth-order valence-corrected chi connectivity index (χ4v) is 22.2. The van der Waals surface area contributed by atoms with Crippen molar-refractivity contribution >= 4 is 0 Å². The number of rotatable bonds is 0. The van der Waals surface area contributed by atoms with E-state index in [0.29, 0.717) is 0 Å². The zero-order valence-corrected chi connectivity index (χ0v) is 23.1. The lowest BCUT2D eigenvalue weighted by Gasteiger charge is -2.61. The Balaban J connectivity index is 1.11. The van der Waals surface area contributed by atoms with Gasteiger partial charge in [0.2, 0.25) is 0 Å². The van der Waals surface area contributed by atoms with Gasteiger partial charge in [-0.3, -0.25) is 0 Å². The molecule has 27 atom stereocenters. The van der Waals surface area contributed by atoms with Crippen molar-refractivity contribution in [2.75, 3.05) is 0 Å². The largest absolute Gasteiger partial charge is 0.0845 e. The SMILES string of the molecule is C1=CC2C3CCC4C5CCC6C7CCC8C9=CC%10C1C1C%11=C%12C%13C(C9C%11%10)C8C7C7C6C5C5C4C3C(C%12C5C%137)C21. The lowest BCUT2D eigenvalue weighted by molar-refractivity contribution is -0.147. The molecule has 0 amide bonds. The van der Waals surface area contributed by atoms with Gasteiger partial charge in [-0.25, -0.2) is 0 Å². The van der Waals surface area contributed by atoms with Gasteiger partial charge < -0.3 is 0 Å². The fraction of sp³-hybridized carbons (Fsp3) is 0.846. The summed E-state index contributed by atoms with van der Waals surface area (Å²) in [6, 6.07) is 0. The van der Waals surface area contributed by atoms with Gasteiger partial charge in [0.05, 0.1) is 0 Å². The lowest BCUT2D eigenvalue weighted by atomic mass is 9.43. The molecule has 16 aliphatic carbocycles. The van der Waals surface area contributed by atoms with E-state index in [-0.39, 0.29) is 0 Å². The monoisotopic (exact) mass is 510 g/mol. The van der Waals surface area contributed by atoms with Crippen LogP contribution in [-0.4, -0.2) is 0 Å². The summed E-state index contributed by atoms with van der Waals surface area (Å²) in [7, 11) is 0. The number of fused-ring (bicyclic) bond motifs is 5. The van der Waals surface area contributed by atoms with E-state index >= 15 is 0 Å². The van der Waals surface area contributed by atoms with Crippen LogP contribution in [0.15, 0.2) is 34.9 Å². The highest BCUT2D eigenvalue weighted by Gasteiger charge is 2.86. The summed E-state index contributed by atoms with van der Waals surface area (Å²) in [4.78, 5) is 0. The first-order chi connectivity index (χ1) is 19.4. The Kier molecular flexibility index (Phi) is 2.43. The van der Waals surface area contributed by atoms with Gasteiger partial charge >= 0.3 is 0 Å². The van der Waals surface area contributed by atoms with Crippen molar-refractivity contribution in [1.29, 1.82) is 0 Å². The summed E-state index contributed by atoms with van der Waals surface area (Å²) in [6.45, 7) is 0. The van der Waals surface area contributed by atoms with Crippen molar-refractivity contribution in [3.05, 3.63) is 34.9 Å². The highest BCUT2D eigenvalue weighted by molar-refractivity contribution is 5.55. The van der Waals surface area contributed by atoms with Crippen LogP contribution < -0.4 is 0 Å². The minimum atomic E-state index is 0.920. The molecule has 198 valence electrons. The zero-order valence-electron chi connectivity index (χ0n) is 23.1. The molecule has 0 bridgehead atoms. The van der Waals surface area contributed by atoms with E-state index in [1.165, 1.54) is 76.9 Å². The second-order valence-corrected chi connectivity index (χ2v) is 19.5. The van der Waals surface area contributed by atoms with Crippen LogP contribution in [0.1, 0.15) is 38.5 Å². The quantitative estimate of drug-likeness (QED) is 0.309. The molecule has 0 spiro atoms. The molecular formula is C39H42.